The normalized spacial score (nSPS) is 10.4. The van der Waals surface area contributed by atoms with Crippen LogP contribution in [0.4, 0.5) is 10.1 Å². The zero-order chi connectivity index (χ0) is 18.0. The van der Waals surface area contributed by atoms with E-state index in [-0.39, 0.29) is 28.3 Å². The number of rotatable bonds is 4. The molecule has 3 aromatic rings. The van der Waals surface area contributed by atoms with Gasteiger partial charge in [-0.15, -0.1) is 0 Å². The van der Waals surface area contributed by atoms with Gasteiger partial charge < -0.3 is 19.9 Å². The third-order valence-electron chi connectivity index (χ3n) is 3.45. The zero-order valence-electron chi connectivity index (χ0n) is 12.7. The van der Waals surface area contributed by atoms with Gasteiger partial charge in [0.1, 0.15) is 22.9 Å². The predicted molar refractivity (Wildman–Crippen MR) is 87.1 cm³/mol. The van der Waals surface area contributed by atoms with Crippen LogP contribution in [0.3, 0.4) is 0 Å². The number of halogens is 1. The van der Waals surface area contributed by atoms with Crippen molar-refractivity contribution in [2.24, 2.45) is 0 Å². The van der Waals surface area contributed by atoms with E-state index in [0.717, 1.165) is 12.1 Å². The maximum atomic E-state index is 13.8. The minimum atomic E-state index is -1.33. The molecule has 0 saturated heterocycles. The molecule has 0 unspecified atom stereocenters. The van der Waals surface area contributed by atoms with E-state index in [0.29, 0.717) is 0 Å². The van der Waals surface area contributed by atoms with Crippen LogP contribution >= 0.6 is 0 Å². The van der Waals surface area contributed by atoms with Gasteiger partial charge in [0.05, 0.1) is 5.56 Å². The highest BCUT2D eigenvalue weighted by atomic mass is 19.1. The van der Waals surface area contributed by atoms with Crippen molar-refractivity contribution in [3.63, 3.8) is 0 Å². The van der Waals surface area contributed by atoms with Gasteiger partial charge in [-0.25, -0.2) is 9.18 Å². The van der Waals surface area contributed by atoms with Gasteiger partial charge in [0, 0.05) is 5.69 Å². The van der Waals surface area contributed by atoms with Crippen LogP contribution in [0.2, 0.25) is 0 Å². The maximum absolute atomic E-state index is 13.8. The minimum absolute atomic E-state index is 0.0665. The Labute approximate surface area is 141 Å². The van der Waals surface area contributed by atoms with Crippen LogP contribution in [0.1, 0.15) is 20.9 Å². The first-order valence-electron chi connectivity index (χ1n) is 7.18. The van der Waals surface area contributed by atoms with E-state index >= 15 is 0 Å². The van der Waals surface area contributed by atoms with E-state index in [4.69, 9.17) is 9.52 Å². The molecule has 0 atom stereocenters. The van der Waals surface area contributed by atoms with Crippen molar-refractivity contribution in [1.29, 1.82) is 0 Å². The largest absolute Gasteiger partial charge is 0.507 e. The zero-order valence-corrected chi connectivity index (χ0v) is 12.7. The number of hydrogen-bond donors (Lipinski definition) is 3. The van der Waals surface area contributed by atoms with Crippen LogP contribution in [0.15, 0.2) is 59.0 Å². The molecular formula is C18H12FNO5. The van der Waals surface area contributed by atoms with E-state index in [1.165, 1.54) is 30.3 Å². The Morgan fingerprint density at radius 1 is 1.04 bits per heavy atom. The Bertz CT molecular complexity index is 964. The van der Waals surface area contributed by atoms with Crippen LogP contribution in [0.5, 0.6) is 5.75 Å². The fraction of sp³-hybridized carbons (Fsp3) is 0. The summed E-state index contributed by atoms with van der Waals surface area (Å²) >= 11 is 0. The summed E-state index contributed by atoms with van der Waals surface area (Å²) in [5, 5.41) is 20.9. The average Bonchev–Trinajstić information content (AvgIpc) is 3.06. The van der Waals surface area contributed by atoms with E-state index in [9.17, 15) is 19.1 Å². The molecule has 126 valence electrons. The lowest BCUT2D eigenvalue weighted by Crippen LogP contribution is -2.11. The average molecular weight is 341 g/mol. The minimum Gasteiger partial charge on any atom is -0.507 e. The first kappa shape index (κ1) is 16.3. The number of amides is 1. The number of carbonyl (C=O) groups excluding carboxylic acids is 1. The van der Waals surface area contributed by atoms with Crippen molar-refractivity contribution >= 4 is 17.6 Å². The van der Waals surface area contributed by atoms with E-state index in [1.54, 1.807) is 12.1 Å². The number of aromatic carboxylic acids is 1. The molecule has 25 heavy (non-hydrogen) atoms. The summed E-state index contributed by atoms with van der Waals surface area (Å²) in [6.07, 6.45) is 0. The number of aromatic hydroxyl groups is 1. The lowest BCUT2D eigenvalue weighted by atomic mass is 10.1. The van der Waals surface area contributed by atoms with Gasteiger partial charge in [-0.3, -0.25) is 4.79 Å². The molecule has 0 spiro atoms. The summed E-state index contributed by atoms with van der Waals surface area (Å²) in [7, 11) is 0. The number of benzene rings is 2. The molecule has 1 aromatic heterocycles. The van der Waals surface area contributed by atoms with Crippen molar-refractivity contribution in [2.45, 2.75) is 0 Å². The Morgan fingerprint density at radius 3 is 2.52 bits per heavy atom. The molecule has 0 bridgehead atoms. The van der Waals surface area contributed by atoms with Crippen LogP contribution in [-0.4, -0.2) is 22.1 Å². The molecule has 0 aliphatic heterocycles. The third-order valence-corrected chi connectivity index (χ3v) is 3.45. The van der Waals surface area contributed by atoms with Crippen molar-refractivity contribution in [3.8, 4) is 17.1 Å². The lowest BCUT2D eigenvalue weighted by molar-refractivity contribution is 0.0693. The topological polar surface area (TPSA) is 99.8 Å². The number of furan rings is 1. The summed E-state index contributed by atoms with van der Waals surface area (Å²) in [6.45, 7) is 0. The van der Waals surface area contributed by atoms with Crippen LogP contribution in [-0.2, 0) is 0 Å². The molecule has 2 aromatic carbocycles. The standard InChI is InChI=1S/C18H12FNO5/c19-13-4-2-1-3-11(13)15-7-8-16(25-15)17(22)20-10-5-6-14(21)12(9-10)18(23)24/h1-9,21H,(H,20,22)(H,23,24). The molecule has 1 amide bonds. The molecule has 3 N–H and O–H groups in total. The SMILES string of the molecule is O=C(Nc1ccc(O)c(C(=O)O)c1)c1ccc(-c2ccccc2F)o1. The summed E-state index contributed by atoms with van der Waals surface area (Å²) < 4.78 is 19.1. The molecule has 0 aliphatic carbocycles. The van der Waals surface area contributed by atoms with E-state index < -0.39 is 23.4 Å². The Hall–Kier alpha value is -3.61. The van der Waals surface area contributed by atoms with E-state index in [2.05, 4.69) is 5.32 Å². The van der Waals surface area contributed by atoms with Gasteiger partial charge in [-0.2, -0.15) is 0 Å². The summed E-state index contributed by atoms with van der Waals surface area (Å²) in [4.78, 5) is 23.2. The molecule has 1 heterocycles. The van der Waals surface area contributed by atoms with Crippen molar-refractivity contribution in [2.75, 3.05) is 5.32 Å². The molecule has 0 aliphatic rings. The number of carboxylic acids is 1. The predicted octanol–water partition coefficient (Wildman–Crippen LogP) is 3.74. The first-order chi connectivity index (χ1) is 12.0. The van der Waals surface area contributed by atoms with E-state index in [1.807, 2.05) is 0 Å². The third kappa shape index (κ3) is 3.35. The van der Waals surface area contributed by atoms with Crippen molar-refractivity contribution in [3.05, 3.63) is 71.7 Å². The second kappa shape index (κ2) is 6.48. The summed E-state index contributed by atoms with van der Waals surface area (Å²) in [5.74, 6) is -2.72. The molecule has 3 rings (SSSR count). The maximum Gasteiger partial charge on any atom is 0.339 e. The number of nitrogens with one attached hydrogen (secondary N) is 1. The Kier molecular flexibility index (Phi) is 4.21. The quantitative estimate of drug-likeness (QED) is 0.628. The number of carbonyl (C=O) groups is 2. The van der Waals surface area contributed by atoms with Gasteiger partial charge in [0.25, 0.3) is 5.91 Å². The summed E-state index contributed by atoms with van der Waals surface area (Å²) in [5.41, 5.74) is 0.0488. The smallest absolute Gasteiger partial charge is 0.339 e. The van der Waals surface area contributed by atoms with Crippen LogP contribution in [0.25, 0.3) is 11.3 Å². The van der Waals surface area contributed by atoms with Crippen LogP contribution in [0, 0.1) is 5.82 Å². The fourth-order valence-corrected chi connectivity index (χ4v) is 2.24. The molecule has 0 saturated carbocycles. The first-order valence-corrected chi connectivity index (χ1v) is 7.18. The highest BCUT2D eigenvalue weighted by Crippen LogP contribution is 2.26. The number of carboxylic acid groups (broad SMARTS) is 1. The molecule has 7 heteroatoms. The molecule has 0 radical (unpaired) electrons. The number of hydrogen-bond acceptors (Lipinski definition) is 4. The van der Waals surface area contributed by atoms with Gasteiger partial charge in [-0.1, -0.05) is 12.1 Å². The van der Waals surface area contributed by atoms with Crippen molar-refractivity contribution in [1.82, 2.24) is 0 Å². The molecular weight excluding hydrogens is 329 g/mol. The fourth-order valence-electron chi connectivity index (χ4n) is 2.24. The monoisotopic (exact) mass is 341 g/mol. The Balaban J connectivity index is 1.82. The van der Waals surface area contributed by atoms with Gasteiger partial charge >= 0.3 is 5.97 Å². The van der Waals surface area contributed by atoms with Crippen LogP contribution < -0.4 is 5.32 Å². The Morgan fingerprint density at radius 2 is 1.80 bits per heavy atom. The van der Waals surface area contributed by atoms with Gasteiger partial charge in [-0.05, 0) is 42.5 Å². The molecule has 6 nitrogen and oxygen atoms in total. The lowest BCUT2D eigenvalue weighted by Gasteiger charge is -2.06. The number of phenols is 1. The van der Waals surface area contributed by atoms with Gasteiger partial charge in [0.2, 0.25) is 0 Å². The van der Waals surface area contributed by atoms with Gasteiger partial charge in [0.15, 0.2) is 5.76 Å². The number of anilines is 1. The highest BCUT2D eigenvalue weighted by Gasteiger charge is 2.16. The molecule has 0 fully saturated rings. The highest BCUT2D eigenvalue weighted by molar-refractivity contribution is 6.03. The van der Waals surface area contributed by atoms with Crippen molar-refractivity contribution < 1.29 is 28.6 Å². The summed E-state index contributed by atoms with van der Waals surface area (Å²) in [6, 6.07) is 12.5. The second-order valence-corrected chi connectivity index (χ2v) is 5.13. The second-order valence-electron chi connectivity index (χ2n) is 5.13.